The number of ether oxygens (including phenoxy) is 1. The fourth-order valence-electron chi connectivity index (χ4n) is 1.45. The lowest BCUT2D eigenvalue weighted by molar-refractivity contribution is -0.149. The number of nitrogens with one attached hydrogen (secondary N) is 1. The van der Waals surface area contributed by atoms with Crippen molar-refractivity contribution in [1.82, 2.24) is 5.48 Å². The molecule has 1 aromatic carbocycles. The normalized spacial score (nSPS) is 12.3. The van der Waals surface area contributed by atoms with Crippen LogP contribution in [-0.2, 0) is 34.6 Å². The molecule has 0 radical (unpaired) electrons. The largest absolute Gasteiger partial charge is 0.443 e. The van der Waals surface area contributed by atoms with Crippen molar-refractivity contribution < 1.29 is 32.8 Å². The van der Waals surface area contributed by atoms with Gasteiger partial charge in [-0.15, -0.1) is 5.48 Å². The van der Waals surface area contributed by atoms with Crippen molar-refractivity contribution >= 4 is 19.7 Å². The molecule has 1 N–H and O–H groups in total. The molecular formula is C13H18NO7P. The first kappa shape index (κ1) is 18.2. The van der Waals surface area contributed by atoms with Crippen LogP contribution in [0.15, 0.2) is 30.3 Å². The van der Waals surface area contributed by atoms with Gasteiger partial charge in [-0.1, -0.05) is 30.3 Å². The summed E-state index contributed by atoms with van der Waals surface area (Å²) in [6.45, 7) is 1.32. The molecule has 122 valence electrons. The molecule has 0 aromatic heterocycles. The zero-order valence-corrected chi connectivity index (χ0v) is 13.4. The summed E-state index contributed by atoms with van der Waals surface area (Å²) in [5, 5.41) is 0. The molecule has 22 heavy (non-hydrogen) atoms. The zero-order chi connectivity index (χ0) is 16.6. The number of carbonyl (C=O) groups is 2. The van der Waals surface area contributed by atoms with Crippen LogP contribution in [0.4, 0.5) is 4.79 Å². The van der Waals surface area contributed by atoms with Gasteiger partial charge in [-0.05, 0) is 12.5 Å². The van der Waals surface area contributed by atoms with Gasteiger partial charge in [-0.2, -0.15) is 0 Å². The van der Waals surface area contributed by atoms with Gasteiger partial charge in [-0.25, -0.2) is 9.59 Å². The minimum atomic E-state index is -3.62. The van der Waals surface area contributed by atoms with E-state index < -0.39 is 25.3 Å². The van der Waals surface area contributed by atoms with Gasteiger partial charge in [0.05, 0.1) is 0 Å². The van der Waals surface area contributed by atoms with Crippen LogP contribution in [-0.4, -0.2) is 31.9 Å². The van der Waals surface area contributed by atoms with Gasteiger partial charge in [0.2, 0.25) is 0 Å². The maximum absolute atomic E-state index is 12.0. The highest BCUT2D eigenvalue weighted by Gasteiger charge is 2.37. The Morgan fingerprint density at radius 1 is 1.18 bits per heavy atom. The fraction of sp³-hybridized carbons (Fsp3) is 0.385. The van der Waals surface area contributed by atoms with Gasteiger partial charge >= 0.3 is 19.7 Å². The van der Waals surface area contributed by atoms with E-state index in [1.807, 2.05) is 11.5 Å². The lowest BCUT2D eigenvalue weighted by Crippen LogP contribution is -2.32. The number of rotatable bonds is 6. The monoisotopic (exact) mass is 331 g/mol. The van der Waals surface area contributed by atoms with Crippen LogP contribution in [0.25, 0.3) is 0 Å². The second kappa shape index (κ2) is 8.53. The summed E-state index contributed by atoms with van der Waals surface area (Å²) in [5.41, 5.74) is 1.39. The molecule has 0 bridgehead atoms. The van der Waals surface area contributed by atoms with Crippen LogP contribution in [0.1, 0.15) is 12.5 Å². The van der Waals surface area contributed by atoms with E-state index in [2.05, 4.69) is 13.9 Å². The molecule has 1 atom stereocenters. The highest BCUT2D eigenvalue weighted by atomic mass is 31.2. The van der Waals surface area contributed by atoms with Crippen molar-refractivity contribution in [3.8, 4) is 0 Å². The Kier molecular flexibility index (Phi) is 7.04. The predicted octanol–water partition coefficient (Wildman–Crippen LogP) is 2.25. The Labute approximate surface area is 128 Å². The number of hydrogen-bond acceptors (Lipinski definition) is 7. The highest BCUT2D eigenvalue weighted by Crippen LogP contribution is 2.51. The molecule has 1 aromatic rings. The van der Waals surface area contributed by atoms with Gasteiger partial charge < -0.3 is 18.6 Å². The standard InChI is InChI=1S/C13H18NO7P/c1-10(22(17,18-2)19-3)12(15)21-14-13(16)20-9-11-7-5-4-6-8-11/h4-8,10H,9H2,1-3H3,(H,14,16). The quantitative estimate of drug-likeness (QED) is 0.630. The van der Waals surface area contributed by atoms with Crippen LogP contribution < -0.4 is 5.48 Å². The molecule has 0 saturated heterocycles. The SMILES string of the molecule is COP(=O)(OC)C(C)C(=O)ONC(=O)OCc1ccccc1. The number of carbonyl (C=O) groups excluding carboxylic acids is 2. The Morgan fingerprint density at radius 3 is 2.32 bits per heavy atom. The molecule has 1 unspecified atom stereocenters. The summed E-state index contributed by atoms with van der Waals surface area (Å²) >= 11 is 0. The summed E-state index contributed by atoms with van der Waals surface area (Å²) in [7, 11) is -1.32. The van der Waals surface area contributed by atoms with Crippen LogP contribution >= 0.6 is 7.60 Å². The Balaban J connectivity index is 2.40. The molecule has 0 fully saturated rings. The van der Waals surface area contributed by atoms with Crippen LogP contribution in [0.3, 0.4) is 0 Å². The van der Waals surface area contributed by atoms with E-state index in [4.69, 9.17) is 4.74 Å². The molecule has 9 heteroatoms. The van der Waals surface area contributed by atoms with E-state index in [1.54, 1.807) is 24.3 Å². The molecule has 1 amide bonds. The predicted molar refractivity (Wildman–Crippen MR) is 76.9 cm³/mol. The zero-order valence-electron chi connectivity index (χ0n) is 12.5. The average Bonchev–Trinajstić information content (AvgIpc) is 2.57. The summed E-state index contributed by atoms with van der Waals surface area (Å²) in [6.07, 6.45) is -0.950. The summed E-state index contributed by atoms with van der Waals surface area (Å²) in [5.74, 6) is -0.969. The summed E-state index contributed by atoms with van der Waals surface area (Å²) in [6, 6.07) is 8.97. The second-order valence-corrected chi connectivity index (χ2v) is 6.75. The smallest absolute Gasteiger partial charge is 0.441 e. The topological polar surface area (TPSA) is 100 Å². The first-order valence-corrected chi connectivity index (χ1v) is 7.92. The van der Waals surface area contributed by atoms with Crippen molar-refractivity contribution in [2.45, 2.75) is 19.2 Å². The van der Waals surface area contributed by atoms with E-state index >= 15 is 0 Å². The molecule has 0 spiro atoms. The fourth-order valence-corrected chi connectivity index (χ4v) is 2.54. The van der Waals surface area contributed by atoms with Gasteiger partial charge in [0.25, 0.3) is 0 Å². The van der Waals surface area contributed by atoms with E-state index in [9.17, 15) is 14.2 Å². The van der Waals surface area contributed by atoms with Crippen molar-refractivity contribution in [1.29, 1.82) is 0 Å². The van der Waals surface area contributed by atoms with Crippen molar-refractivity contribution in [2.75, 3.05) is 14.2 Å². The lowest BCUT2D eigenvalue weighted by Gasteiger charge is -2.18. The third-order valence-corrected chi connectivity index (χ3v) is 4.95. The number of benzene rings is 1. The van der Waals surface area contributed by atoms with E-state index in [0.717, 1.165) is 19.8 Å². The summed E-state index contributed by atoms with van der Waals surface area (Å²) in [4.78, 5) is 27.6. The second-order valence-electron chi connectivity index (χ2n) is 4.17. The number of hydroxylamine groups is 1. The van der Waals surface area contributed by atoms with Crippen molar-refractivity contribution in [3.63, 3.8) is 0 Å². The van der Waals surface area contributed by atoms with Gasteiger partial charge in [-0.3, -0.25) is 4.57 Å². The Morgan fingerprint density at radius 2 is 1.77 bits per heavy atom. The lowest BCUT2D eigenvalue weighted by atomic mass is 10.2. The van der Waals surface area contributed by atoms with E-state index in [0.29, 0.717) is 0 Å². The third-order valence-electron chi connectivity index (χ3n) is 2.77. The van der Waals surface area contributed by atoms with Crippen LogP contribution in [0.2, 0.25) is 0 Å². The summed E-state index contributed by atoms with van der Waals surface area (Å²) < 4.78 is 26.1. The molecule has 1 rings (SSSR count). The Hall–Kier alpha value is -1.89. The third kappa shape index (κ3) is 5.14. The van der Waals surface area contributed by atoms with Crippen molar-refractivity contribution in [3.05, 3.63) is 35.9 Å². The molecule has 0 saturated carbocycles. The molecule has 0 aliphatic carbocycles. The molecule has 0 aliphatic heterocycles. The maximum Gasteiger partial charge on any atom is 0.441 e. The number of hydrogen-bond donors (Lipinski definition) is 1. The average molecular weight is 331 g/mol. The van der Waals surface area contributed by atoms with Crippen molar-refractivity contribution in [2.24, 2.45) is 0 Å². The first-order valence-electron chi connectivity index (χ1n) is 6.31. The minimum absolute atomic E-state index is 0.0222. The van der Waals surface area contributed by atoms with E-state index in [-0.39, 0.29) is 6.61 Å². The van der Waals surface area contributed by atoms with Gasteiger partial charge in [0.1, 0.15) is 6.61 Å². The molecule has 8 nitrogen and oxygen atoms in total. The van der Waals surface area contributed by atoms with E-state index in [1.165, 1.54) is 6.92 Å². The highest BCUT2D eigenvalue weighted by molar-refractivity contribution is 7.55. The minimum Gasteiger partial charge on any atom is -0.443 e. The van der Waals surface area contributed by atoms with Gasteiger partial charge in [0, 0.05) is 14.2 Å². The molecule has 0 aliphatic rings. The van der Waals surface area contributed by atoms with Crippen LogP contribution in [0, 0.1) is 0 Å². The molecular weight excluding hydrogens is 313 g/mol. The van der Waals surface area contributed by atoms with Crippen LogP contribution in [0.5, 0.6) is 0 Å². The first-order chi connectivity index (χ1) is 10.4. The van der Waals surface area contributed by atoms with Gasteiger partial charge in [0.15, 0.2) is 5.66 Å². The molecule has 0 heterocycles. The maximum atomic E-state index is 12.0. The number of amides is 1. The Bertz CT molecular complexity index is 541.